The number of carbonyl (C=O) groups is 1. The quantitative estimate of drug-likeness (QED) is 0.327. The Morgan fingerprint density at radius 1 is 1.22 bits per heavy atom. The summed E-state index contributed by atoms with van der Waals surface area (Å²) >= 11 is 8.20. The third kappa shape index (κ3) is 4.50. The Morgan fingerprint density at radius 2 is 2.08 bits per heavy atom. The van der Waals surface area contributed by atoms with E-state index in [1.54, 1.807) is 12.4 Å². The number of halogens is 1. The van der Waals surface area contributed by atoms with Gasteiger partial charge in [-0.2, -0.15) is 0 Å². The highest BCUT2D eigenvalue weighted by Gasteiger charge is 2.40. The molecule has 0 bridgehead atoms. The number of aromatic amines is 1. The van der Waals surface area contributed by atoms with Crippen molar-refractivity contribution in [1.82, 2.24) is 29.8 Å². The van der Waals surface area contributed by atoms with Gasteiger partial charge in [-0.15, -0.1) is 0 Å². The molecule has 5 N–H and O–H groups in total. The predicted octanol–water partition coefficient (Wildman–Crippen LogP) is 2.59. The number of nitrogens with zero attached hydrogens (tertiary/aromatic N) is 6. The molecule has 0 radical (unpaired) electrons. The van der Waals surface area contributed by atoms with Crippen LogP contribution in [0.5, 0.6) is 0 Å². The molecule has 2 saturated heterocycles. The number of aromatic nitrogens is 5. The summed E-state index contributed by atoms with van der Waals surface area (Å²) in [5.74, 6) is 0.418. The van der Waals surface area contributed by atoms with Gasteiger partial charge in [-0.05, 0) is 42.8 Å². The largest absolute Gasteiger partial charge is 0.353 e. The lowest BCUT2D eigenvalue weighted by atomic mass is 10.0. The average Bonchev–Trinajstić information content (AvgIpc) is 3.60. The van der Waals surface area contributed by atoms with Crippen LogP contribution in [0.1, 0.15) is 19.0 Å². The second kappa shape index (κ2) is 9.71. The molecular formula is C25H28ClN9OS. The second-order valence-corrected chi connectivity index (χ2v) is 11.1. The number of hydrogen-bond acceptors (Lipinski definition) is 9. The van der Waals surface area contributed by atoms with Crippen molar-refractivity contribution in [3.63, 3.8) is 0 Å². The first-order valence-corrected chi connectivity index (χ1v) is 13.6. The molecule has 4 aromatic rings. The van der Waals surface area contributed by atoms with E-state index in [0.29, 0.717) is 47.8 Å². The fourth-order valence-electron chi connectivity index (χ4n) is 5.17. The number of likely N-dealkylation sites (tertiary alicyclic amines) is 1. The molecule has 192 valence electrons. The van der Waals surface area contributed by atoms with Gasteiger partial charge in [0, 0.05) is 61.2 Å². The van der Waals surface area contributed by atoms with Crippen molar-refractivity contribution in [2.75, 3.05) is 31.1 Å². The van der Waals surface area contributed by atoms with Crippen molar-refractivity contribution in [2.24, 2.45) is 17.4 Å². The van der Waals surface area contributed by atoms with Gasteiger partial charge >= 0.3 is 0 Å². The van der Waals surface area contributed by atoms with Crippen molar-refractivity contribution < 1.29 is 4.79 Å². The smallest absolute Gasteiger partial charge is 0.229 e. The maximum absolute atomic E-state index is 13.3. The fourth-order valence-corrected chi connectivity index (χ4v) is 6.28. The van der Waals surface area contributed by atoms with Crippen LogP contribution in [0.25, 0.3) is 22.1 Å². The number of nitrogens with one attached hydrogen (secondary N) is 1. The van der Waals surface area contributed by atoms with Gasteiger partial charge < -0.3 is 26.3 Å². The van der Waals surface area contributed by atoms with Gasteiger partial charge in [0.05, 0.1) is 27.4 Å². The third-order valence-electron chi connectivity index (χ3n) is 7.13. The maximum atomic E-state index is 13.3. The predicted molar refractivity (Wildman–Crippen MR) is 145 cm³/mol. The van der Waals surface area contributed by atoms with E-state index in [1.165, 1.54) is 11.8 Å². The molecule has 4 aromatic heterocycles. The third-order valence-corrected chi connectivity index (χ3v) is 8.37. The summed E-state index contributed by atoms with van der Waals surface area (Å²) in [6.45, 7) is 4.26. The van der Waals surface area contributed by atoms with Crippen LogP contribution in [0.3, 0.4) is 0 Å². The van der Waals surface area contributed by atoms with Gasteiger partial charge in [0.25, 0.3) is 0 Å². The van der Waals surface area contributed by atoms with E-state index < -0.39 is 0 Å². The minimum atomic E-state index is -0.328. The Balaban J connectivity index is 1.35. The summed E-state index contributed by atoms with van der Waals surface area (Å²) in [6, 6.07) is 5.48. The highest BCUT2D eigenvalue weighted by atomic mass is 35.5. The summed E-state index contributed by atoms with van der Waals surface area (Å²) in [5.41, 5.74) is 15.7. The molecule has 0 aliphatic carbocycles. The van der Waals surface area contributed by atoms with Crippen LogP contribution in [-0.4, -0.2) is 74.0 Å². The Morgan fingerprint density at radius 3 is 2.86 bits per heavy atom. The number of pyridine rings is 2. The Kier molecular flexibility index (Phi) is 6.39. The summed E-state index contributed by atoms with van der Waals surface area (Å²) in [6.07, 6.45) is 5.09. The first-order valence-electron chi connectivity index (χ1n) is 12.4. The van der Waals surface area contributed by atoms with Gasteiger partial charge in [-0.25, -0.2) is 9.97 Å². The first kappa shape index (κ1) is 24.4. The van der Waals surface area contributed by atoms with Gasteiger partial charge in [0.1, 0.15) is 11.5 Å². The number of hydrogen-bond donors (Lipinski definition) is 3. The van der Waals surface area contributed by atoms with Crippen molar-refractivity contribution >= 4 is 57.2 Å². The zero-order chi connectivity index (χ0) is 25.7. The highest BCUT2D eigenvalue weighted by molar-refractivity contribution is 7.99. The lowest BCUT2D eigenvalue weighted by Gasteiger charge is -2.22. The van der Waals surface area contributed by atoms with Crippen LogP contribution in [0.15, 0.2) is 40.6 Å². The molecule has 2 aliphatic heterocycles. The van der Waals surface area contributed by atoms with Gasteiger partial charge in [0.15, 0.2) is 5.16 Å². The number of carbonyl (C=O) groups excluding carboxylic acids is 1. The standard InChI is InChI=1S/C25H28ClN9OS/c1-2-17-21(26)20-22(31-17)32-25(37-14-8-19-18(30-9-14)4-3-6-29-19)33-23(20)35-11-15(16(28)12-35)24(36)34-7-5-13(27)10-34/h3-4,6,8-9,13,15-16H,2,5,7,10-12,27-28H2,1H3,(H,31,32,33)/t13-,15-,16+/m1/s1. The van der Waals surface area contributed by atoms with Gasteiger partial charge in [-0.1, -0.05) is 18.5 Å². The van der Waals surface area contributed by atoms with Crippen LogP contribution in [0.2, 0.25) is 5.02 Å². The number of fused-ring (bicyclic) bond motifs is 2. The molecule has 3 atom stereocenters. The molecule has 0 spiro atoms. The van der Waals surface area contributed by atoms with Crippen LogP contribution in [0.4, 0.5) is 5.82 Å². The molecule has 2 aliphatic rings. The summed E-state index contributed by atoms with van der Waals surface area (Å²) in [5, 5.41) is 1.91. The van der Waals surface area contributed by atoms with Crippen LogP contribution < -0.4 is 16.4 Å². The molecule has 6 heterocycles. The summed E-state index contributed by atoms with van der Waals surface area (Å²) in [4.78, 5) is 40.0. The minimum Gasteiger partial charge on any atom is -0.353 e. The zero-order valence-corrected chi connectivity index (χ0v) is 22.0. The molecule has 37 heavy (non-hydrogen) atoms. The number of anilines is 1. The van der Waals surface area contributed by atoms with E-state index in [1.807, 2.05) is 30.0 Å². The van der Waals surface area contributed by atoms with E-state index in [-0.39, 0.29) is 23.9 Å². The SMILES string of the molecule is CCc1[nH]c2nc(Sc3cnc4cccnc4c3)nc(N3C[C@H](N)[C@H](C(=O)N4CC[C@@H](N)C4)C3)c2c1Cl. The Labute approximate surface area is 223 Å². The average molecular weight is 538 g/mol. The van der Waals surface area contributed by atoms with Crippen LogP contribution in [0, 0.1) is 5.92 Å². The number of H-pyrrole nitrogens is 1. The van der Waals surface area contributed by atoms with Gasteiger partial charge in [-0.3, -0.25) is 14.8 Å². The topological polar surface area (TPSA) is 143 Å². The minimum absolute atomic E-state index is 0.0321. The van der Waals surface area contributed by atoms with E-state index in [9.17, 15) is 4.79 Å². The lowest BCUT2D eigenvalue weighted by Crippen LogP contribution is -2.43. The van der Waals surface area contributed by atoms with E-state index >= 15 is 0 Å². The highest BCUT2D eigenvalue weighted by Crippen LogP contribution is 2.38. The van der Waals surface area contributed by atoms with Crippen molar-refractivity contribution in [3.8, 4) is 0 Å². The summed E-state index contributed by atoms with van der Waals surface area (Å²) in [7, 11) is 0. The molecule has 0 aromatic carbocycles. The van der Waals surface area contributed by atoms with Gasteiger partial charge in [0.2, 0.25) is 5.91 Å². The monoisotopic (exact) mass is 537 g/mol. The van der Waals surface area contributed by atoms with Crippen LogP contribution in [-0.2, 0) is 11.2 Å². The second-order valence-electron chi connectivity index (χ2n) is 9.65. The molecule has 6 rings (SSSR count). The molecule has 10 nitrogen and oxygen atoms in total. The molecular weight excluding hydrogens is 510 g/mol. The normalized spacial score (nSPS) is 22.0. The number of nitrogens with two attached hydrogens (primary N) is 2. The zero-order valence-electron chi connectivity index (χ0n) is 20.4. The number of aryl methyl sites for hydroxylation is 1. The number of rotatable bonds is 5. The Hall–Kier alpha value is -2.99. The van der Waals surface area contributed by atoms with Crippen molar-refractivity contribution in [2.45, 2.75) is 41.9 Å². The summed E-state index contributed by atoms with van der Waals surface area (Å²) < 4.78 is 0. The molecule has 1 amide bonds. The maximum Gasteiger partial charge on any atom is 0.229 e. The number of amides is 1. The van der Waals surface area contributed by atoms with E-state index in [4.69, 9.17) is 33.0 Å². The molecule has 0 saturated carbocycles. The fraction of sp³-hybridized carbons (Fsp3) is 0.400. The molecule has 12 heteroatoms. The Bertz CT molecular complexity index is 1490. The molecule has 2 fully saturated rings. The van der Waals surface area contributed by atoms with Crippen LogP contribution >= 0.6 is 23.4 Å². The van der Waals surface area contributed by atoms with Crippen molar-refractivity contribution in [3.05, 3.63) is 41.3 Å². The van der Waals surface area contributed by atoms with E-state index in [0.717, 1.165) is 39.9 Å². The lowest BCUT2D eigenvalue weighted by molar-refractivity contribution is -0.134. The van der Waals surface area contributed by atoms with E-state index in [2.05, 4.69) is 19.9 Å². The first-order chi connectivity index (χ1) is 17.9. The van der Waals surface area contributed by atoms with Crippen molar-refractivity contribution in [1.29, 1.82) is 0 Å². The molecule has 0 unspecified atom stereocenters.